The highest BCUT2D eigenvalue weighted by molar-refractivity contribution is 5.81. The van der Waals surface area contributed by atoms with Gasteiger partial charge in [-0.15, -0.1) is 0 Å². The molecule has 19 heavy (non-hydrogen) atoms. The fraction of sp³-hybridized carbons (Fsp3) is 0.500. The fourth-order valence-electron chi connectivity index (χ4n) is 2.55. The molecule has 102 valence electrons. The van der Waals surface area contributed by atoms with Crippen molar-refractivity contribution in [2.24, 2.45) is 11.1 Å². The number of fused-ring (bicyclic) bond motifs is 1. The maximum Gasteiger partial charge on any atom is 0.313 e. The van der Waals surface area contributed by atoms with Crippen LogP contribution in [0, 0.1) is 5.41 Å². The van der Waals surface area contributed by atoms with Gasteiger partial charge >= 0.3 is 5.97 Å². The first-order chi connectivity index (χ1) is 9.17. The lowest BCUT2D eigenvalue weighted by Crippen LogP contribution is -2.31. The molecule has 0 saturated heterocycles. The van der Waals surface area contributed by atoms with E-state index in [1.807, 2.05) is 18.2 Å². The number of carbonyl (C=O) groups excluding carboxylic acids is 1. The van der Waals surface area contributed by atoms with Crippen LogP contribution in [-0.4, -0.2) is 26.3 Å². The molecular weight excluding hydrogens is 246 g/mol. The Balaban J connectivity index is 1.88. The van der Waals surface area contributed by atoms with Crippen molar-refractivity contribution in [3.05, 3.63) is 23.8 Å². The summed E-state index contributed by atoms with van der Waals surface area (Å²) in [7, 11) is 1.40. The van der Waals surface area contributed by atoms with Gasteiger partial charge in [0, 0.05) is 6.04 Å². The van der Waals surface area contributed by atoms with Gasteiger partial charge in [0.05, 0.1) is 12.5 Å². The molecular formula is C14H17NO4. The molecule has 2 N–H and O–H groups in total. The van der Waals surface area contributed by atoms with Crippen molar-refractivity contribution < 1.29 is 19.0 Å². The zero-order valence-electron chi connectivity index (χ0n) is 10.8. The Labute approximate surface area is 111 Å². The molecule has 2 aliphatic rings. The average molecular weight is 263 g/mol. The van der Waals surface area contributed by atoms with Gasteiger partial charge in [-0.1, -0.05) is 6.07 Å². The molecule has 5 nitrogen and oxygen atoms in total. The van der Waals surface area contributed by atoms with Gasteiger partial charge in [-0.05, 0) is 30.5 Å². The van der Waals surface area contributed by atoms with Crippen LogP contribution in [0.5, 0.6) is 11.5 Å². The minimum absolute atomic E-state index is 0.227. The van der Waals surface area contributed by atoms with Gasteiger partial charge in [-0.3, -0.25) is 4.79 Å². The Morgan fingerprint density at radius 2 is 2.00 bits per heavy atom. The Kier molecular flexibility index (Phi) is 2.86. The summed E-state index contributed by atoms with van der Waals surface area (Å²) in [6.45, 7) is 1.10. The van der Waals surface area contributed by atoms with Crippen LogP contribution in [0.3, 0.4) is 0 Å². The summed E-state index contributed by atoms with van der Waals surface area (Å²) in [6, 6.07) is 5.23. The third kappa shape index (κ3) is 1.94. The molecule has 0 amide bonds. The molecule has 1 fully saturated rings. The topological polar surface area (TPSA) is 70.8 Å². The van der Waals surface area contributed by atoms with Gasteiger partial charge in [-0.25, -0.2) is 0 Å². The Morgan fingerprint density at radius 3 is 2.63 bits per heavy atom. The second-order valence-electron chi connectivity index (χ2n) is 5.03. The van der Waals surface area contributed by atoms with Crippen LogP contribution in [0.2, 0.25) is 0 Å². The fourth-order valence-corrected chi connectivity index (χ4v) is 2.55. The third-order valence-corrected chi connectivity index (χ3v) is 3.90. The maximum absolute atomic E-state index is 11.8. The summed E-state index contributed by atoms with van der Waals surface area (Å²) in [5.74, 6) is 1.19. The molecule has 1 unspecified atom stereocenters. The molecule has 0 bridgehead atoms. The van der Waals surface area contributed by atoms with Gasteiger partial charge in [0.2, 0.25) is 0 Å². The summed E-state index contributed by atoms with van der Waals surface area (Å²) in [5, 5.41) is 0. The van der Waals surface area contributed by atoms with Gasteiger partial charge < -0.3 is 19.9 Å². The Hall–Kier alpha value is -1.75. The van der Waals surface area contributed by atoms with Crippen molar-refractivity contribution in [1.29, 1.82) is 0 Å². The molecule has 0 radical (unpaired) electrons. The second kappa shape index (κ2) is 4.42. The van der Waals surface area contributed by atoms with E-state index >= 15 is 0 Å². The molecule has 1 aliphatic carbocycles. The van der Waals surface area contributed by atoms with Crippen molar-refractivity contribution >= 4 is 5.97 Å². The quantitative estimate of drug-likeness (QED) is 0.835. The summed E-state index contributed by atoms with van der Waals surface area (Å²) in [6.07, 6.45) is 1.55. The van der Waals surface area contributed by atoms with Crippen LogP contribution < -0.4 is 15.2 Å². The van der Waals surface area contributed by atoms with Crippen molar-refractivity contribution in [2.75, 3.05) is 20.3 Å². The van der Waals surface area contributed by atoms with Crippen LogP contribution in [0.1, 0.15) is 24.4 Å². The third-order valence-electron chi connectivity index (χ3n) is 3.90. The molecule has 1 heterocycles. The van der Waals surface area contributed by atoms with E-state index in [0.717, 1.165) is 24.2 Å². The summed E-state index contributed by atoms with van der Waals surface area (Å²) >= 11 is 0. The molecule has 1 aromatic rings. The normalized spacial score (nSPS) is 20.5. The van der Waals surface area contributed by atoms with Gasteiger partial charge in [-0.2, -0.15) is 0 Å². The first-order valence-corrected chi connectivity index (χ1v) is 6.41. The lowest BCUT2D eigenvalue weighted by Gasteiger charge is -2.24. The van der Waals surface area contributed by atoms with E-state index in [2.05, 4.69) is 0 Å². The first kappa shape index (κ1) is 12.3. The number of methoxy groups -OCH3 is 1. The molecule has 1 aliphatic heterocycles. The van der Waals surface area contributed by atoms with Gasteiger partial charge in [0.15, 0.2) is 11.5 Å². The molecule has 3 rings (SSSR count). The van der Waals surface area contributed by atoms with Crippen LogP contribution in [0.15, 0.2) is 18.2 Å². The number of hydrogen-bond acceptors (Lipinski definition) is 5. The molecule has 1 saturated carbocycles. The Morgan fingerprint density at radius 1 is 1.32 bits per heavy atom. The minimum Gasteiger partial charge on any atom is -0.486 e. The van der Waals surface area contributed by atoms with Crippen LogP contribution in [-0.2, 0) is 9.53 Å². The van der Waals surface area contributed by atoms with Crippen LogP contribution >= 0.6 is 0 Å². The number of rotatable bonds is 3. The predicted octanol–water partition coefficient (Wildman–Crippen LogP) is 1.41. The zero-order valence-corrected chi connectivity index (χ0v) is 10.8. The van der Waals surface area contributed by atoms with E-state index in [1.54, 1.807) is 0 Å². The first-order valence-electron chi connectivity index (χ1n) is 6.41. The molecule has 5 heteroatoms. The van der Waals surface area contributed by atoms with Crippen molar-refractivity contribution in [3.63, 3.8) is 0 Å². The standard InChI is InChI=1S/C14H17NO4/c1-17-13(16)14(4-5-14)12(15)9-2-3-10-11(8-9)19-7-6-18-10/h2-3,8,12H,4-7,15H2,1H3. The monoisotopic (exact) mass is 263 g/mol. The van der Waals surface area contributed by atoms with Gasteiger partial charge in [0.25, 0.3) is 0 Å². The van der Waals surface area contributed by atoms with Crippen LogP contribution in [0.25, 0.3) is 0 Å². The highest BCUT2D eigenvalue weighted by atomic mass is 16.6. The number of benzene rings is 1. The number of ether oxygens (including phenoxy) is 3. The average Bonchev–Trinajstić information content (AvgIpc) is 3.26. The smallest absolute Gasteiger partial charge is 0.313 e. The highest BCUT2D eigenvalue weighted by Gasteiger charge is 2.56. The van der Waals surface area contributed by atoms with E-state index in [0.29, 0.717) is 19.0 Å². The molecule has 0 spiro atoms. The number of carbonyl (C=O) groups is 1. The van der Waals surface area contributed by atoms with E-state index in [9.17, 15) is 4.79 Å². The second-order valence-corrected chi connectivity index (χ2v) is 5.03. The molecule has 1 atom stereocenters. The van der Waals surface area contributed by atoms with E-state index < -0.39 is 5.41 Å². The SMILES string of the molecule is COC(=O)C1(C(N)c2ccc3c(c2)OCCO3)CC1. The summed E-state index contributed by atoms with van der Waals surface area (Å²) < 4.78 is 15.9. The van der Waals surface area contributed by atoms with E-state index in [-0.39, 0.29) is 12.0 Å². The minimum atomic E-state index is -0.557. The van der Waals surface area contributed by atoms with E-state index in [1.165, 1.54) is 7.11 Å². The predicted molar refractivity (Wildman–Crippen MR) is 68.0 cm³/mol. The lowest BCUT2D eigenvalue weighted by molar-refractivity contribution is -0.148. The highest BCUT2D eigenvalue weighted by Crippen LogP contribution is 2.55. The summed E-state index contributed by atoms with van der Waals surface area (Å²) in [4.78, 5) is 11.8. The number of hydrogen-bond donors (Lipinski definition) is 1. The van der Waals surface area contributed by atoms with Gasteiger partial charge in [0.1, 0.15) is 13.2 Å². The van der Waals surface area contributed by atoms with Crippen molar-refractivity contribution in [3.8, 4) is 11.5 Å². The van der Waals surface area contributed by atoms with Crippen molar-refractivity contribution in [1.82, 2.24) is 0 Å². The largest absolute Gasteiger partial charge is 0.486 e. The zero-order chi connectivity index (χ0) is 13.5. The van der Waals surface area contributed by atoms with Crippen LogP contribution in [0.4, 0.5) is 0 Å². The lowest BCUT2D eigenvalue weighted by atomic mass is 9.90. The number of nitrogens with two attached hydrogens (primary N) is 1. The number of esters is 1. The maximum atomic E-state index is 11.8. The summed E-state index contributed by atoms with van der Waals surface area (Å²) in [5.41, 5.74) is 6.57. The van der Waals surface area contributed by atoms with Crippen molar-refractivity contribution in [2.45, 2.75) is 18.9 Å². The molecule has 0 aromatic heterocycles. The molecule has 1 aromatic carbocycles. The van der Waals surface area contributed by atoms with E-state index in [4.69, 9.17) is 19.9 Å². The Bertz CT molecular complexity index is 510.